The molecule has 0 aromatic heterocycles. The smallest absolute Gasteiger partial charge is 0.0652 e. The number of rotatable bonds is 6. The third-order valence-corrected chi connectivity index (χ3v) is 2.58. The molecule has 0 fully saturated rings. The number of aliphatic hydroxyl groups excluding tert-OH is 2. The Morgan fingerprint density at radius 3 is 2.40 bits per heavy atom. The summed E-state index contributed by atoms with van der Waals surface area (Å²) in [4.78, 5) is 0. The molecule has 1 unspecified atom stereocenters. The Morgan fingerprint density at radius 1 is 1.20 bits per heavy atom. The summed E-state index contributed by atoms with van der Waals surface area (Å²) in [5.74, 6) is 0. The number of hydrogen-bond acceptors (Lipinski definition) is 3. The van der Waals surface area contributed by atoms with Crippen LogP contribution in [0, 0.1) is 0 Å². The molecular formula is C12H19NO2. The number of nitrogens with one attached hydrogen (secondary N) is 1. The minimum atomic E-state index is -0.420. The summed E-state index contributed by atoms with van der Waals surface area (Å²) in [5, 5.41) is 21.4. The summed E-state index contributed by atoms with van der Waals surface area (Å²) in [5.41, 5.74) is 0.640. The van der Waals surface area contributed by atoms with Crippen LogP contribution in [0.5, 0.6) is 0 Å². The Kier molecular flexibility index (Phi) is 4.75. The van der Waals surface area contributed by atoms with Crippen molar-refractivity contribution in [1.29, 1.82) is 0 Å². The van der Waals surface area contributed by atoms with Crippen molar-refractivity contribution in [3.05, 3.63) is 35.9 Å². The highest BCUT2D eigenvalue weighted by Crippen LogP contribution is 2.19. The van der Waals surface area contributed by atoms with Crippen LogP contribution in [0.15, 0.2) is 30.3 Å². The molecule has 0 amide bonds. The number of aliphatic hydroxyl groups is 2. The fourth-order valence-electron chi connectivity index (χ4n) is 1.50. The highest BCUT2D eigenvalue weighted by atomic mass is 16.3. The van der Waals surface area contributed by atoms with E-state index in [1.165, 1.54) is 0 Å². The van der Waals surface area contributed by atoms with Crippen molar-refractivity contribution in [1.82, 2.24) is 5.32 Å². The number of hydrogen-bond donors (Lipinski definition) is 3. The molecule has 0 spiro atoms. The van der Waals surface area contributed by atoms with E-state index in [0.717, 1.165) is 5.56 Å². The summed E-state index contributed by atoms with van der Waals surface area (Å²) in [6, 6.07) is 9.84. The van der Waals surface area contributed by atoms with Crippen LogP contribution < -0.4 is 5.32 Å². The first kappa shape index (κ1) is 12.2. The van der Waals surface area contributed by atoms with Crippen LogP contribution >= 0.6 is 0 Å². The van der Waals surface area contributed by atoms with Crippen molar-refractivity contribution in [2.24, 2.45) is 0 Å². The van der Waals surface area contributed by atoms with Crippen LogP contribution in [-0.2, 0) is 5.54 Å². The first-order valence-electron chi connectivity index (χ1n) is 5.25. The molecule has 0 bridgehead atoms. The van der Waals surface area contributed by atoms with Crippen LogP contribution in [0.4, 0.5) is 0 Å². The third-order valence-electron chi connectivity index (χ3n) is 2.58. The quantitative estimate of drug-likeness (QED) is 0.609. The Hall–Kier alpha value is -0.900. The second-order valence-electron chi connectivity index (χ2n) is 3.86. The molecule has 3 N–H and O–H groups in total. The van der Waals surface area contributed by atoms with Gasteiger partial charge in [0.05, 0.1) is 12.1 Å². The van der Waals surface area contributed by atoms with E-state index in [1.54, 1.807) is 0 Å². The zero-order valence-electron chi connectivity index (χ0n) is 9.11. The zero-order valence-corrected chi connectivity index (χ0v) is 9.11. The Morgan fingerprint density at radius 2 is 1.87 bits per heavy atom. The van der Waals surface area contributed by atoms with Crippen molar-refractivity contribution in [3.63, 3.8) is 0 Å². The summed E-state index contributed by atoms with van der Waals surface area (Å²) in [6.45, 7) is 2.87. The fraction of sp³-hybridized carbons (Fsp3) is 0.500. The lowest BCUT2D eigenvalue weighted by atomic mass is 9.93. The molecule has 1 aromatic rings. The molecule has 15 heavy (non-hydrogen) atoms. The predicted octanol–water partition coefficient (Wildman–Crippen LogP) is 0.866. The molecule has 3 nitrogen and oxygen atoms in total. The van der Waals surface area contributed by atoms with E-state index in [0.29, 0.717) is 13.0 Å². The van der Waals surface area contributed by atoms with Crippen LogP contribution in [0.1, 0.15) is 18.9 Å². The standard InChI is InChI=1S/C12H19NO2/c1-12(10-15,13-8-5-9-14)11-6-3-2-4-7-11/h2-4,6-7,13-15H,5,8-10H2,1H3. The van der Waals surface area contributed by atoms with E-state index in [2.05, 4.69) is 5.32 Å². The predicted molar refractivity (Wildman–Crippen MR) is 60.6 cm³/mol. The highest BCUT2D eigenvalue weighted by Gasteiger charge is 2.24. The highest BCUT2D eigenvalue weighted by molar-refractivity contribution is 5.23. The van der Waals surface area contributed by atoms with Crippen molar-refractivity contribution < 1.29 is 10.2 Å². The zero-order chi connectivity index (χ0) is 11.1. The second kappa shape index (κ2) is 5.85. The molecule has 1 rings (SSSR count). The van der Waals surface area contributed by atoms with Gasteiger partial charge in [-0.05, 0) is 25.5 Å². The molecule has 0 aliphatic rings. The van der Waals surface area contributed by atoms with Gasteiger partial charge >= 0.3 is 0 Å². The van der Waals surface area contributed by atoms with Crippen molar-refractivity contribution in [3.8, 4) is 0 Å². The molecule has 0 aliphatic carbocycles. The Bertz CT molecular complexity index is 276. The maximum Gasteiger partial charge on any atom is 0.0652 e. The monoisotopic (exact) mass is 209 g/mol. The van der Waals surface area contributed by atoms with E-state index >= 15 is 0 Å². The van der Waals surface area contributed by atoms with Gasteiger partial charge in [0, 0.05) is 6.61 Å². The molecule has 0 radical (unpaired) electrons. The normalized spacial score (nSPS) is 14.9. The molecule has 0 heterocycles. The second-order valence-corrected chi connectivity index (χ2v) is 3.86. The Balaban J connectivity index is 2.67. The average molecular weight is 209 g/mol. The van der Waals surface area contributed by atoms with Gasteiger partial charge in [-0.2, -0.15) is 0 Å². The lowest BCUT2D eigenvalue weighted by Crippen LogP contribution is -2.43. The van der Waals surface area contributed by atoms with E-state index in [1.807, 2.05) is 37.3 Å². The van der Waals surface area contributed by atoms with Crippen LogP contribution in [0.3, 0.4) is 0 Å². The van der Waals surface area contributed by atoms with Crippen molar-refractivity contribution in [2.75, 3.05) is 19.8 Å². The van der Waals surface area contributed by atoms with Gasteiger partial charge in [0.2, 0.25) is 0 Å². The topological polar surface area (TPSA) is 52.5 Å². The van der Waals surface area contributed by atoms with E-state index < -0.39 is 5.54 Å². The molecule has 0 saturated heterocycles. The average Bonchev–Trinajstić information content (AvgIpc) is 2.30. The van der Waals surface area contributed by atoms with Gasteiger partial charge in [-0.1, -0.05) is 30.3 Å². The van der Waals surface area contributed by atoms with E-state index in [9.17, 15) is 5.11 Å². The van der Waals surface area contributed by atoms with Gasteiger partial charge < -0.3 is 15.5 Å². The summed E-state index contributed by atoms with van der Waals surface area (Å²) in [7, 11) is 0. The maximum absolute atomic E-state index is 9.41. The first-order valence-corrected chi connectivity index (χ1v) is 5.25. The summed E-state index contributed by atoms with van der Waals surface area (Å²) in [6.07, 6.45) is 0.697. The van der Waals surface area contributed by atoms with Gasteiger partial charge in [0.15, 0.2) is 0 Å². The fourth-order valence-corrected chi connectivity index (χ4v) is 1.50. The molecule has 84 valence electrons. The molecule has 0 saturated carbocycles. The van der Waals surface area contributed by atoms with Gasteiger partial charge in [-0.15, -0.1) is 0 Å². The molecule has 1 aromatic carbocycles. The third kappa shape index (κ3) is 3.30. The van der Waals surface area contributed by atoms with Gasteiger partial charge in [0.1, 0.15) is 0 Å². The molecule has 0 aliphatic heterocycles. The van der Waals surface area contributed by atoms with Crippen LogP contribution in [0.2, 0.25) is 0 Å². The summed E-state index contributed by atoms with van der Waals surface area (Å²) >= 11 is 0. The molecule has 1 atom stereocenters. The largest absolute Gasteiger partial charge is 0.396 e. The number of benzene rings is 1. The lowest BCUT2D eigenvalue weighted by molar-refractivity contribution is 0.171. The maximum atomic E-state index is 9.41. The van der Waals surface area contributed by atoms with Crippen molar-refractivity contribution in [2.45, 2.75) is 18.9 Å². The van der Waals surface area contributed by atoms with Gasteiger partial charge in [0.25, 0.3) is 0 Å². The first-order chi connectivity index (χ1) is 7.23. The summed E-state index contributed by atoms with van der Waals surface area (Å²) < 4.78 is 0. The van der Waals surface area contributed by atoms with E-state index in [4.69, 9.17) is 5.11 Å². The molecule has 3 heteroatoms. The van der Waals surface area contributed by atoms with Crippen molar-refractivity contribution >= 4 is 0 Å². The lowest BCUT2D eigenvalue weighted by Gasteiger charge is -2.29. The van der Waals surface area contributed by atoms with E-state index in [-0.39, 0.29) is 13.2 Å². The Labute approximate surface area is 90.8 Å². The van der Waals surface area contributed by atoms with Crippen LogP contribution in [-0.4, -0.2) is 30.0 Å². The minimum absolute atomic E-state index is 0.0441. The van der Waals surface area contributed by atoms with Crippen LogP contribution in [0.25, 0.3) is 0 Å². The SMILES string of the molecule is CC(CO)(NCCCO)c1ccccc1. The minimum Gasteiger partial charge on any atom is -0.396 e. The van der Waals surface area contributed by atoms with Gasteiger partial charge in [-0.25, -0.2) is 0 Å². The molecular weight excluding hydrogens is 190 g/mol. The van der Waals surface area contributed by atoms with Gasteiger partial charge in [-0.3, -0.25) is 0 Å².